The normalized spacial score (nSPS) is 15.9. The number of piperidine rings is 1. The Morgan fingerprint density at radius 1 is 1.06 bits per heavy atom. The predicted molar refractivity (Wildman–Crippen MR) is 133 cm³/mol. The molecule has 0 radical (unpaired) electrons. The molecule has 7 nitrogen and oxygen atoms in total. The van der Waals surface area contributed by atoms with Crippen LogP contribution in [0.3, 0.4) is 0 Å². The summed E-state index contributed by atoms with van der Waals surface area (Å²) in [5.41, 5.74) is 6.96. The van der Waals surface area contributed by atoms with Gasteiger partial charge in [-0.3, -0.25) is 0 Å². The number of rotatable bonds is 3. The number of H-pyrrole nitrogens is 1. The van der Waals surface area contributed by atoms with Crippen LogP contribution in [0.2, 0.25) is 0 Å². The zero-order chi connectivity index (χ0) is 22.9. The van der Waals surface area contributed by atoms with Crippen molar-refractivity contribution in [2.45, 2.75) is 18.9 Å². The lowest BCUT2D eigenvalue weighted by Crippen LogP contribution is -2.31. The Hall–Kier alpha value is -4.15. The second kappa shape index (κ2) is 8.65. The van der Waals surface area contributed by atoms with Crippen LogP contribution in [0.15, 0.2) is 61.3 Å². The van der Waals surface area contributed by atoms with Gasteiger partial charge in [-0.2, -0.15) is 0 Å². The first-order valence-electron chi connectivity index (χ1n) is 11.5. The van der Waals surface area contributed by atoms with Crippen LogP contribution in [0.1, 0.15) is 30.0 Å². The molecular weight excluding hydrogens is 424 g/mol. The number of benzene rings is 1. The summed E-state index contributed by atoms with van der Waals surface area (Å²) >= 11 is 0. The van der Waals surface area contributed by atoms with E-state index in [2.05, 4.69) is 65.9 Å². The molecule has 7 heteroatoms. The van der Waals surface area contributed by atoms with Gasteiger partial charge in [0.1, 0.15) is 5.65 Å². The van der Waals surface area contributed by atoms with Gasteiger partial charge in [0, 0.05) is 59.3 Å². The molecule has 2 N–H and O–H groups in total. The first-order chi connectivity index (χ1) is 16.8. The molecule has 0 saturated carbocycles. The van der Waals surface area contributed by atoms with Gasteiger partial charge in [-0.1, -0.05) is 17.9 Å². The second-order valence-electron chi connectivity index (χ2n) is 8.51. The Bertz CT molecular complexity index is 1550. The Morgan fingerprint density at radius 2 is 2.00 bits per heavy atom. The number of fused-ring (bicyclic) bond motifs is 2. The van der Waals surface area contributed by atoms with E-state index in [0.717, 1.165) is 57.4 Å². The number of hydrogen-bond acceptors (Lipinski definition) is 5. The molecule has 1 saturated heterocycles. The van der Waals surface area contributed by atoms with Gasteiger partial charge in [-0.05, 0) is 49.2 Å². The van der Waals surface area contributed by atoms with Crippen molar-refractivity contribution >= 4 is 22.1 Å². The van der Waals surface area contributed by atoms with Crippen LogP contribution in [0.5, 0.6) is 5.88 Å². The zero-order valence-corrected chi connectivity index (χ0v) is 18.9. The number of nitrogens with zero attached hydrogens (tertiary/aromatic N) is 4. The molecular formula is C27H24N6O. The lowest BCUT2D eigenvalue weighted by atomic mass is 10.0. The minimum Gasteiger partial charge on any atom is -0.481 e. The molecule has 1 atom stereocenters. The van der Waals surface area contributed by atoms with E-state index in [1.54, 1.807) is 19.5 Å². The van der Waals surface area contributed by atoms with Crippen LogP contribution < -0.4 is 10.1 Å². The van der Waals surface area contributed by atoms with E-state index in [-0.39, 0.29) is 0 Å². The average molecular weight is 449 g/mol. The van der Waals surface area contributed by atoms with E-state index in [1.807, 2.05) is 24.7 Å². The molecule has 0 bridgehead atoms. The van der Waals surface area contributed by atoms with Gasteiger partial charge in [0.2, 0.25) is 5.88 Å². The Labute approximate surface area is 197 Å². The highest BCUT2D eigenvalue weighted by Crippen LogP contribution is 2.32. The Morgan fingerprint density at radius 3 is 2.88 bits per heavy atom. The van der Waals surface area contributed by atoms with Crippen LogP contribution >= 0.6 is 0 Å². The third kappa shape index (κ3) is 3.78. The van der Waals surface area contributed by atoms with E-state index in [1.165, 1.54) is 12.8 Å². The van der Waals surface area contributed by atoms with Crippen molar-refractivity contribution in [3.05, 3.63) is 72.4 Å². The summed E-state index contributed by atoms with van der Waals surface area (Å²) in [6, 6.07) is 12.7. The average Bonchev–Trinajstić information content (AvgIpc) is 3.51. The van der Waals surface area contributed by atoms with Crippen molar-refractivity contribution in [2.24, 2.45) is 0 Å². The third-order valence-electron chi connectivity index (χ3n) is 6.38. The van der Waals surface area contributed by atoms with Gasteiger partial charge >= 0.3 is 0 Å². The van der Waals surface area contributed by atoms with E-state index in [9.17, 15) is 0 Å². The summed E-state index contributed by atoms with van der Waals surface area (Å²) in [6.07, 6.45) is 9.85. The highest BCUT2D eigenvalue weighted by atomic mass is 16.5. The summed E-state index contributed by atoms with van der Waals surface area (Å²) in [5, 5.41) is 4.55. The number of pyridine rings is 2. The molecule has 0 spiro atoms. The molecule has 168 valence electrons. The maximum atomic E-state index is 5.19. The van der Waals surface area contributed by atoms with Crippen molar-refractivity contribution in [3.8, 4) is 28.8 Å². The summed E-state index contributed by atoms with van der Waals surface area (Å²) in [7, 11) is 1.60. The lowest BCUT2D eigenvalue weighted by molar-refractivity contribution is 0.378. The molecule has 1 aliphatic rings. The molecule has 34 heavy (non-hydrogen) atoms. The fourth-order valence-corrected chi connectivity index (χ4v) is 4.61. The van der Waals surface area contributed by atoms with E-state index < -0.39 is 0 Å². The van der Waals surface area contributed by atoms with Gasteiger partial charge in [-0.25, -0.2) is 15.0 Å². The number of aromatic amines is 1. The van der Waals surface area contributed by atoms with Gasteiger partial charge in [-0.15, -0.1) is 0 Å². The highest BCUT2D eigenvalue weighted by Gasteiger charge is 2.18. The maximum absolute atomic E-state index is 5.19. The summed E-state index contributed by atoms with van der Waals surface area (Å²) < 4.78 is 7.50. The SMILES string of the molecule is COc1cc(C#Cc2cnc3[nH]cc(-c4ccc5ncn(C6CCCNC6)c5c4)c3c2)ccn1. The molecule has 1 aromatic carbocycles. The van der Waals surface area contributed by atoms with Crippen LogP contribution in [0.4, 0.5) is 0 Å². The molecule has 1 fully saturated rings. The van der Waals surface area contributed by atoms with E-state index in [4.69, 9.17) is 4.74 Å². The largest absolute Gasteiger partial charge is 0.481 e. The maximum Gasteiger partial charge on any atom is 0.214 e. The van der Waals surface area contributed by atoms with Gasteiger partial charge in [0.15, 0.2) is 0 Å². The van der Waals surface area contributed by atoms with E-state index >= 15 is 0 Å². The predicted octanol–water partition coefficient (Wildman–Crippen LogP) is 4.31. The smallest absolute Gasteiger partial charge is 0.214 e. The fraction of sp³-hybridized carbons (Fsp3) is 0.222. The molecule has 4 aromatic heterocycles. The molecule has 6 rings (SSSR count). The standard InChI is InChI=1S/C27H24N6O/c1-34-26-12-18(8-10-29-26)4-5-19-11-22-23(16-31-27(22)30-14-19)20-6-7-24-25(13-20)33(17-32-24)21-3-2-9-28-15-21/h6-8,10-14,16-17,21,28H,2-3,9,15H2,1H3,(H,30,31). The number of methoxy groups -OCH3 is 1. The summed E-state index contributed by atoms with van der Waals surface area (Å²) in [4.78, 5) is 16.7. The summed E-state index contributed by atoms with van der Waals surface area (Å²) in [5.74, 6) is 6.95. The number of nitrogens with one attached hydrogen (secondary N) is 2. The first-order valence-corrected chi connectivity index (χ1v) is 11.5. The quantitative estimate of drug-likeness (QED) is 0.402. The van der Waals surface area contributed by atoms with Crippen molar-refractivity contribution in [2.75, 3.05) is 20.2 Å². The van der Waals surface area contributed by atoms with Crippen molar-refractivity contribution in [3.63, 3.8) is 0 Å². The lowest BCUT2D eigenvalue weighted by Gasteiger charge is -2.24. The molecule has 5 heterocycles. The van der Waals surface area contributed by atoms with E-state index in [0.29, 0.717) is 11.9 Å². The topological polar surface area (TPSA) is 80.6 Å². The van der Waals surface area contributed by atoms with Crippen LogP contribution in [0.25, 0.3) is 33.2 Å². The third-order valence-corrected chi connectivity index (χ3v) is 6.38. The number of imidazole rings is 1. The number of ether oxygens (including phenoxy) is 1. The molecule has 0 amide bonds. The molecule has 5 aromatic rings. The van der Waals surface area contributed by atoms with Crippen molar-refractivity contribution in [1.29, 1.82) is 0 Å². The van der Waals surface area contributed by atoms with Crippen LogP contribution in [0, 0.1) is 11.8 Å². The first kappa shape index (κ1) is 20.5. The van der Waals surface area contributed by atoms with Gasteiger partial charge < -0.3 is 19.6 Å². The van der Waals surface area contributed by atoms with Crippen LogP contribution in [-0.4, -0.2) is 44.7 Å². The highest BCUT2D eigenvalue weighted by molar-refractivity contribution is 5.96. The van der Waals surface area contributed by atoms with Crippen molar-refractivity contribution in [1.82, 2.24) is 29.8 Å². The van der Waals surface area contributed by atoms with Crippen molar-refractivity contribution < 1.29 is 4.74 Å². The number of aromatic nitrogens is 5. The monoisotopic (exact) mass is 448 g/mol. The molecule has 0 aliphatic carbocycles. The van der Waals surface area contributed by atoms with Crippen LogP contribution in [-0.2, 0) is 0 Å². The summed E-state index contributed by atoms with van der Waals surface area (Å²) in [6.45, 7) is 2.08. The molecule has 1 aliphatic heterocycles. The Balaban J connectivity index is 1.38. The van der Waals surface area contributed by atoms with Gasteiger partial charge in [0.25, 0.3) is 0 Å². The fourth-order valence-electron chi connectivity index (χ4n) is 4.61. The molecule has 1 unspecified atom stereocenters. The second-order valence-corrected chi connectivity index (χ2v) is 8.51. The van der Waals surface area contributed by atoms with Gasteiger partial charge in [0.05, 0.1) is 24.5 Å². The minimum atomic E-state index is 0.437. The zero-order valence-electron chi connectivity index (χ0n) is 18.9. The Kier molecular flexibility index (Phi) is 5.21. The minimum absolute atomic E-state index is 0.437. The number of hydrogen-bond donors (Lipinski definition) is 2.